The van der Waals surface area contributed by atoms with Gasteiger partial charge in [-0.25, -0.2) is 4.79 Å². The third kappa shape index (κ3) is 3.10. The molecule has 10 heavy (non-hydrogen) atoms. The molecule has 0 aromatic rings. The van der Waals surface area contributed by atoms with Gasteiger partial charge in [-0.2, -0.15) is 0 Å². The third-order valence-electron chi connectivity index (χ3n) is 1.25. The Labute approximate surface area is 60.9 Å². The van der Waals surface area contributed by atoms with E-state index in [1.165, 1.54) is 0 Å². The molecule has 0 aromatic carbocycles. The number of carboxylic acid groups (broad SMARTS) is 1. The van der Waals surface area contributed by atoms with Crippen LogP contribution in [0.2, 0.25) is 0 Å². The summed E-state index contributed by atoms with van der Waals surface area (Å²) < 4.78 is 0. The Morgan fingerprint density at radius 3 is 2.60 bits per heavy atom. The van der Waals surface area contributed by atoms with E-state index in [1.54, 1.807) is 0 Å². The fourth-order valence-corrected chi connectivity index (χ4v) is 0.624. The molecular formula is C8H12O2. The predicted molar refractivity (Wildman–Crippen MR) is 39.8 cm³/mol. The summed E-state index contributed by atoms with van der Waals surface area (Å²) in [5, 5.41) is 8.46. The standard InChI is InChI=1S/C8H12O2/c1-3-5-6-7(4-2)8(9)10/h2-3,5-6H2,1H3,(H,9,10). The van der Waals surface area contributed by atoms with Gasteiger partial charge in [0, 0.05) is 0 Å². The molecule has 56 valence electrons. The van der Waals surface area contributed by atoms with Gasteiger partial charge >= 0.3 is 5.97 Å². The minimum atomic E-state index is -0.900. The van der Waals surface area contributed by atoms with Crippen molar-refractivity contribution < 1.29 is 9.90 Å². The second-order valence-corrected chi connectivity index (χ2v) is 2.06. The van der Waals surface area contributed by atoms with E-state index in [-0.39, 0.29) is 0 Å². The maximum atomic E-state index is 10.3. The van der Waals surface area contributed by atoms with Gasteiger partial charge in [0.1, 0.15) is 0 Å². The summed E-state index contributed by atoms with van der Waals surface area (Å²) in [6, 6.07) is 0. The molecule has 0 unspecified atom stereocenters. The lowest BCUT2D eigenvalue weighted by atomic mass is 10.1. The van der Waals surface area contributed by atoms with Gasteiger partial charge in [-0.3, -0.25) is 0 Å². The molecule has 0 saturated heterocycles. The summed E-state index contributed by atoms with van der Waals surface area (Å²) in [5.41, 5.74) is 2.70. The molecule has 0 saturated carbocycles. The quantitative estimate of drug-likeness (QED) is 0.479. The molecule has 1 N–H and O–H groups in total. The number of hydrogen-bond acceptors (Lipinski definition) is 1. The highest BCUT2D eigenvalue weighted by atomic mass is 16.4. The van der Waals surface area contributed by atoms with E-state index in [0.717, 1.165) is 12.8 Å². The Morgan fingerprint density at radius 1 is 1.70 bits per heavy atom. The zero-order valence-electron chi connectivity index (χ0n) is 6.18. The molecule has 0 aliphatic rings. The molecule has 2 heteroatoms. The summed E-state index contributed by atoms with van der Waals surface area (Å²) in [7, 11) is 0. The van der Waals surface area contributed by atoms with Crippen LogP contribution in [0, 0.1) is 0 Å². The fourth-order valence-electron chi connectivity index (χ4n) is 0.624. The molecule has 0 atom stereocenters. The van der Waals surface area contributed by atoms with Crippen molar-refractivity contribution in [3.8, 4) is 0 Å². The van der Waals surface area contributed by atoms with Crippen LogP contribution in [0.5, 0.6) is 0 Å². The molecule has 0 spiro atoms. The number of aliphatic carboxylic acids is 1. The van der Waals surface area contributed by atoms with Crippen LogP contribution in [0.1, 0.15) is 26.2 Å². The fraction of sp³-hybridized carbons (Fsp3) is 0.500. The first kappa shape index (κ1) is 8.99. The number of rotatable bonds is 4. The topological polar surface area (TPSA) is 37.3 Å². The summed E-state index contributed by atoms with van der Waals surface area (Å²) in [5.74, 6) is -0.900. The van der Waals surface area contributed by atoms with Gasteiger partial charge in [0.15, 0.2) is 0 Å². The average molecular weight is 140 g/mol. The minimum absolute atomic E-state index is 0.293. The summed E-state index contributed by atoms with van der Waals surface area (Å²) in [4.78, 5) is 10.3. The molecule has 0 fully saturated rings. The average Bonchev–Trinajstić information content (AvgIpc) is 1.89. The van der Waals surface area contributed by atoms with Crippen molar-refractivity contribution in [3.05, 3.63) is 17.9 Å². The molecule has 0 heterocycles. The smallest absolute Gasteiger partial charge is 0.339 e. The molecule has 0 aliphatic heterocycles. The van der Waals surface area contributed by atoms with Gasteiger partial charge in [0.25, 0.3) is 0 Å². The second-order valence-electron chi connectivity index (χ2n) is 2.06. The van der Waals surface area contributed by atoms with E-state index in [1.807, 2.05) is 6.92 Å². The van der Waals surface area contributed by atoms with Crippen molar-refractivity contribution in [1.29, 1.82) is 0 Å². The third-order valence-corrected chi connectivity index (χ3v) is 1.25. The molecule has 0 amide bonds. The zero-order chi connectivity index (χ0) is 7.98. The van der Waals surface area contributed by atoms with Crippen molar-refractivity contribution in [2.45, 2.75) is 26.2 Å². The van der Waals surface area contributed by atoms with Gasteiger partial charge < -0.3 is 5.11 Å². The number of hydrogen-bond donors (Lipinski definition) is 1. The van der Waals surface area contributed by atoms with Gasteiger partial charge in [-0.1, -0.05) is 19.9 Å². The lowest BCUT2D eigenvalue weighted by Crippen LogP contribution is -1.98. The van der Waals surface area contributed by atoms with E-state index in [4.69, 9.17) is 5.11 Å². The van der Waals surface area contributed by atoms with Crippen LogP contribution in [-0.2, 0) is 4.79 Å². The molecular weight excluding hydrogens is 128 g/mol. The zero-order valence-corrected chi connectivity index (χ0v) is 6.18. The van der Waals surface area contributed by atoms with Gasteiger partial charge in [-0.05, 0) is 12.8 Å². The first-order valence-corrected chi connectivity index (χ1v) is 3.34. The van der Waals surface area contributed by atoms with Crippen molar-refractivity contribution in [2.24, 2.45) is 0 Å². The molecule has 0 radical (unpaired) electrons. The Bertz CT molecular complexity index is 164. The van der Waals surface area contributed by atoms with E-state index in [0.29, 0.717) is 12.0 Å². The predicted octanol–water partition coefficient (Wildman–Crippen LogP) is 1.97. The first-order valence-electron chi connectivity index (χ1n) is 3.34. The van der Waals surface area contributed by atoms with Crippen LogP contribution >= 0.6 is 0 Å². The van der Waals surface area contributed by atoms with Crippen LogP contribution in [-0.4, -0.2) is 11.1 Å². The maximum absolute atomic E-state index is 10.3. The lowest BCUT2D eigenvalue weighted by Gasteiger charge is -1.94. The normalized spacial score (nSPS) is 8.50. The number of carboxylic acids is 1. The van der Waals surface area contributed by atoms with E-state index < -0.39 is 5.97 Å². The van der Waals surface area contributed by atoms with Gasteiger partial charge in [0.05, 0.1) is 5.57 Å². The highest BCUT2D eigenvalue weighted by Gasteiger charge is 2.03. The van der Waals surface area contributed by atoms with Crippen molar-refractivity contribution in [2.75, 3.05) is 0 Å². The summed E-state index contributed by atoms with van der Waals surface area (Å²) >= 11 is 0. The van der Waals surface area contributed by atoms with E-state index in [2.05, 4.69) is 12.3 Å². The Hall–Kier alpha value is -1.01. The monoisotopic (exact) mass is 140 g/mol. The van der Waals surface area contributed by atoms with Crippen LogP contribution in [0.3, 0.4) is 0 Å². The molecule has 0 aliphatic carbocycles. The Balaban J connectivity index is 3.87. The van der Waals surface area contributed by atoms with Crippen LogP contribution in [0.4, 0.5) is 0 Å². The Morgan fingerprint density at radius 2 is 2.30 bits per heavy atom. The number of unbranched alkanes of at least 4 members (excludes halogenated alkanes) is 1. The van der Waals surface area contributed by atoms with Crippen molar-refractivity contribution >= 4 is 5.97 Å². The largest absolute Gasteiger partial charge is 0.477 e. The first-order chi connectivity index (χ1) is 4.72. The summed E-state index contributed by atoms with van der Waals surface area (Å²) in [6.07, 6.45) is 2.47. The van der Waals surface area contributed by atoms with Crippen LogP contribution in [0.25, 0.3) is 0 Å². The van der Waals surface area contributed by atoms with Crippen molar-refractivity contribution in [1.82, 2.24) is 0 Å². The van der Waals surface area contributed by atoms with E-state index >= 15 is 0 Å². The lowest BCUT2D eigenvalue weighted by molar-refractivity contribution is -0.132. The second kappa shape index (κ2) is 4.83. The molecule has 0 bridgehead atoms. The SMILES string of the molecule is C=C=C(CCCC)C(=O)O. The van der Waals surface area contributed by atoms with Crippen LogP contribution in [0.15, 0.2) is 17.9 Å². The molecule has 0 rings (SSSR count). The Kier molecular flexibility index (Phi) is 4.34. The highest BCUT2D eigenvalue weighted by molar-refractivity contribution is 5.86. The van der Waals surface area contributed by atoms with Crippen LogP contribution < -0.4 is 0 Å². The number of carbonyl (C=O) groups is 1. The van der Waals surface area contributed by atoms with Crippen molar-refractivity contribution in [3.63, 3.8) is 0 Å². The molecule has 2 nitrogen and oxygen atoms in total. The van der Waals surface area contributed by atoms with Gasteiger partial charge in [0.2, 0.25) is 0 Å². The minimum Gasteiger partial charge on any atom is -0.477 e. The van der Waals surface area contributed by atoms with Gasteiger partial charge in [-0.15, -0.1) is 5.73 Å². The summed E-state index contributed by atoms with van der Waals surface area (Å²) in [6.45, 7) is 5.31. The highest BCUT2D eigenvalue weighted by Crippen LogP contribution is 2.04. The maximum Gasteiger partial charge on any atom is 0.339 e. The molecule has 0 aromatic heterocycles. The van der Waals surface area contributed by atoms with E-state index in [9.17, 15) is 4.79 Å².